The normalized spacial score (nSPS) is 13.7. The molecule has 0 aliphatic heterocycles. The van der Waals surface area contributed by atoms with Gasteiger partial charge in [0.2, 0.25) is 5.28 Å². The quantitative estimate of drug-likeness (QED) is 0.880. The fraction of sp³-hybridized carbons (Fsp3) is 0.214. The second-order valence-electron chi connectivity index (χ2n) is 4.56. The molecular formula is C14H11ClF2N2O2. The minimum Gasteiger partial charge on any atom is -0.481 e. The maximum Gasteiger partial charge on any atom is 0.307 e. The van der Waals surface area contributed by atoms with Crippen LogP contribution in [0, 0.1) is 17.6 Å². The van der Waals surface area contributed by atoms with Crippen LogP contribution in [0.15, 0.2) is 30.5 Å². The van der Waals surface area contributed by atoms with Crippen LogP contribution in [0.1, 0.15) is 24.1 Å². The molecule has 0 spiro atoms. The van der Waals surface area contributed by atoms with E-state index < -0.39 is 29.4 Å². The predicted octanol–water partition coefficient (Wildman–Crippen LogP) is 3.26. The number of carboxylic acid groups (broad SMARTS) is 1. The molecule has 1 aromatic carbocycles. The largest absolute Gasteiger partial charge is 0.481 e. The maximum atomic E-state index is 13.4. The Morgan fingerprint density at radius 1 is 1.29 bits per heavy atom. The van der Waals surface area contributed by atoms with Crippen molar-refractivity contribution in [3.63, 3.8) is 0 Å². The SMILES string of the molecule is CC(C(=O)O)C(c1cc(F)cc(F)c1)c1ccnc(Cl)n1. The zero-order chi connectivity index (χ0) is 15.6. The average molecular weight is 313 g/mol. The van der Waals surface area contributed by atoms with E-state index in [1.807, 2.05) is 0 Å². The molecule has 0 radical (unpaired) electrons. The van der Waals surface area contributed by atoms with Crippen molar-refractivity contribution in [2.75, 3.05) is 0 Å². The van der Waals surface area contributed by atoms with E-state index in [-0.39, 0.29) is 16.5 Å². The van der Waals surface area contributed by atoms with E-state index in [1.165, 1.54) is 19.2 Å². The van der Waals surface area contributed by atoms with Gasteiger partial charge in [0.15, 0.2) is 0 Å². The molecule has 7 heteroatoms. The molecule has 0 aliphatic rings. The molecule has 0 fully saturated rings. The van der Waals surface area contributed by atoms with Crippen molar-refractivity contribution in [3.05, 3.63) is 58.6 Å². The van der Waals surface area contributed by atoms with Crippen LogP contribution in [-0.2, 0) is 4.79 Å². The van der Waals surface area contributed by atoms with E-state index in [9.17, 15) is 18.7 Å². The van der Waals surface area contributed by atoms with Crippen LogP contribution in [0.2, 0.25) is 5.28 Å². The molecule has 1 N–H and O–H groups in total. The molecule has 110 valence electrons. The summed E-state index contributed by atoms with van der Waals surface area (Å²) in [6, 6.07) is 4.37. The van der Waals surface area contributed by atoms with Crippen molar-refractivity contribution in [1.82, 2.24) is 9.97 Å². The highest BCUT2D eigenvalue weighted by Crippen LogP contribution is 2.32. The Morgan fingerprint density at radius 3 is 2.43 bits per heavy atom. The molecular weight excluding hydrogens is 302 g/mol. The highest BCUT2D eigenvalue weighted by atomic mass is 35.5. The number of hydrogen-bond donors (Lipinski definition) is 1. The van der Waals surface area contributed by atoms with Crippen LogP contribution in [0.25, 0.3) is 0 Å². The molecule has 2 unspecified atom stereocenters. The third-order valence-corrected chi connectivity index (χ3v) is 3.28. The standard InChI is InChI=1S/C14H11ClF2N2O2/c1-7(13(20)21)12(11-2-3-18-14(15)19-11)8-4-9(16)6-10(17)5-8/h2-7,12H,1H3,(H,20,21). The molecule has 0 aliphatic carbocycles. The fourth-order valence-electron chi connectivity index (χ4n) is 2.13. The van der Waals surface area contributed by atoms with E-state index in [4.69, 9.17) is 11.6 Å². The van der Waals surface area contributed by atoms with Gasteiger partial charge in [-0.3, -0.25) is 4.79 Å². The molecule has 0 saturated heterocycles. The summed E-state index contributed by atoms with van der Waals surface area (Å²) in [6.07, 6.45) is 1.36. The van der Waals surface area contributed by atoms with Gasteiger partial charge in [-0.05, 0) is 35.4 Å². The lowest BCUT2D eigenvalue weighted by atomic mass is 9.84. The average Bonchev–Trinajstić information content (AvgIpc) is 2.37. The molecule has 0 bridgehead atoms. The van der Waals surface area contributed by atoms with Gasteiger partial charge in [-0.2, -0.15) is 0 Å². The summed E-state index contributed by atoms with van der Waals surface area (Å²) in [7, 11) is 0. The number of nitrogens with zero attached hydrogens (tertiary/aromatic N) is 2. The first-order chi connectivity index (χ1) is 9.88. The van der Waals surface area contributed by atoms with E-state index >= 15 is 0 Å². The Bertz CT molecular complexity index is 662. The zero-order valence-corrected chi connectivity index (χ0v) is 11.7. The molecule has 2 aromatic rings. The summed E-state index contributed by atoms with van der Waals surface area (Å²) in [5.41, 5.74) is 0.465. The Kier molecular flexibility index (Phi) is 4.47. The lowest BCUT2D eigenvalue weighted by molar-refractivity contribution is -0.141. The lowest BCUT2D eigenvalue weighted by Crippen LogP contribution is -2.21. The van der Waals surface area contributed by atoms with Crippen LogP contribution < -0.4 is 0 Å². The number of aromatic nitrogens is 2. The smallest absolute Gasteiger partial charge is 0.307 e. The molecule has 1 aromatic heterocycles. The number of carbonyl (C=O) groups is 1. The van der Waals surface area contributed by atoms with Crippen molar-refractivity contribution in [2.45, 2.75) is 12.8 Å². The van der Waals surface area contributed by atoms with Gasteiger partial charge >= 0.3 is 5.97 Å². The second kappa shape index (κ2) is 6.13. The molecule has 21 heavy (non-hydrogen) atoms. The van der Waals surface area contributed by atoms with Crippen LogP contribution in [0.5, 0.6) is 0 Å². The number of rotatable bonds is 4. The third-order valence-electron chi connectivity index (χ3n) is 3.10. The van der Waals surface area contributed by atoms with Gasteiger partial charge in [-0.1, -0.05) is 6.92 Å². The molecule has 2 rings (SSSR count). The highest BCUT2D eigenvalue weighted by molar-refractivity contribution is 6.28. The Hall–Kier alpha value is -2.08. The van der Waals surface area contributed by atoms with Crippen LogP contribution in [0.3, 0.4) is 0 Å². The number of halogens is 3. The Labute approximate surface area is 124 Å². The first kappa shape index (κ1) is 15.3. The second-order valence-corrected chi connectivity index (χ2v) is 4.90. The molecule has 1 heterocycles. The van der Waals surface area contributed by atoms with Crippen molar-refractivity contribution >= 4 is 17.6 Å². The summed E-state index contributed by atoms with van der Waals surface area (Å²) >= 11 is 5.71. The summed E-state index contributed by atoms with van der Waals surface area (Å²) in [6.45, 7) is 1.44. The fourth-order valence-corrected chi connectivity index (χ4v) is 2.29. The highest BCUT2D eigenvalue weighted by Gasteiger charge is 2.29. The summed E-state index contributed by atoms with van der Waals surface area (Å²) < 4.78 is 26.8. The monoisotopic (exact) mass is 312 g/mol. The number of carboxylic acids is 1. The van der Waals surface area contributed by atoms with Crippen molar-refractivity contribution in [2.24, 2.45) is 5.92 Å². The first-order valence-corrected chi connectivity index (χ1v) is 6.43. The van der Waals surface area contributed by atoms with E-state index in [2.05, 4.69) is 9.97 Å². The van der Waals surface area contributed by atoms with Crippen molar-refractivity contribution in [1.29, 1.82) is 0 Å². The maximum absolute atomic E-state index is 13.4. The topological polar surface area (TPSA) is 63.1 Å². The van der Waals surface area contributed by atoms with Gasteiger partial charge in [-0.15, -0.1) is 0 Å². The third kappa shape index (κ3) is 3.52. The number of hydrogen-bond acceptors (Lipinski definition) is 3. The zero-order valence-electron chi connectivity index (χ0n) is 10.9. The molecule has 4 nitrogen and oxygen atoms in total. The van der Waals surface area contributed by atoms with Crippen molar-refractivity contribution in [3.8, 4) is 0 Å². The van der Waals surface area contributed by atoms with Crippen LogP contribution in [-0.4, -0.2) is 21.0 Å². The Morgan fingerprint density at radius 2 is 1.90 bits per heavy atom. The van der Waals surface area contributed by atoms with E-state index in [1.54, 1.807) is 0 Å². The van der Waals surface area contributed by atoms with Crippen LogP contribution in [0.4, 0.5) is 8.78 Å². The van der Waals surface area contributed by atoms with Gasteiger partial charge in [0.25, 0.3) is 0 Å². The van der Waals surface area contributed by atoms with Gasteiger partial charge in [0, 0.05) is 18.2 Å². The van der Waals surface area contributed by atoms with Crippen molar-refractivity contribution < 1.29 is 18.7 Å². The summed E-state index contributed by atoms with van der Waals surface area (Å²) in [5, 5.41) is 9.16. The van der Waals surface area contributed by atoms with Gasteiger partial charge < -0.3 is 5.11 Å². The summed E-state index contributed by atoms with van der Waals surface area (Å²) in [5.74, 6) is -4.47. The molecule has 2 atom stereocenters. The summed E-state index contributed by atoms with van der Waals surface area (Å²) in [4.78, 5) is 19.0. The number of benzene rings is 1. The predicted molar refractivity (Wildman–Crippen MR) is 72.0 cm³/mol. The lowest BCUT2D eigenvalue weighted by Gasteiger charge is -2.21. The molecule has 0 amide bonds. The Balaban J connectivity index is 2.58. The minimum absolute atomic E-state index is 0.0630. The van der Waals surface area contributed by atoms with Gasteiger partial charge in [0.1, 0.15) is 11.6 Å². The van der Waals surface area contributed by atoms with Gasteiger partial charge in [-0.25, -0.2) is 18.7 Å². The van der Waals surface area contributed by atoms with E-state index in [0.717, 1.165) is 18.2 Å². The first-order valence-electron chi connectivity index (χ1n) is 6.05. The number of aliphatic carboxylic acids is 1. The van der Waals surface area contributed by atoms with Gasteiger partial charge in [0.05, 0.1) is 11.6 Å². The molecule has 0 saturated carbocycles. The van der Waals surface area contributed by atoms with Crippen LogP contribution >= 0.6 is 11.6 Å². The minimum atomic E-state index is -1.11. The van der Waals surface area contributed by atoms with E-state index in [0.29, 0.717) is 0 Å².